The molecular formula is C51H50BFN8O7. The van der Waals surface area contributed by atoms with E-state index in [-0.39, 0.29) is 27.9 Å². The highest BCUT2D eigenvalue weighted by Crippen LogP contribution is 2.28. The molecule has 2 radical (unpaired) electrons. The Morgan fingerprint density at radius 2 is 1.18 bits per heavy atom. The van der Waals surface area contributed by atoms with Gasteiger partial charge in [0.25, 0.3) is 0 Å². The van der Waals surface area contributed by atoms with E-state index in [1.54, 1.807) is 66.4 Å². The van der Waals surface area contributed by atoms with Gasteiger partial charge in [0.05, 0.1) is 30.4 Å². The molecule has 0 N–H and O–H groups in total. The number of anilines is 3. The zero-order valence-corrected chi connectivity index (χ0v) is 38.5. The van der Waals surface area contributed by atoms with Gasteiger partial charge in [0.2, 0.25) is 6.86 Å². The normalized spacial score (nSPS) is 12.0. The molecule has 68 heavy (non-hydrogen) atoms. The summed E-state index contributed by atoms with van der Waals surface area (Å²) in [7, 11) is 10.0. The van der Waals surface area contributed by atoms with Gasteiger partial charge in [-0.25, -0.2) is 18.8 Å². The second-order valence-electron chi connectivity index (χ2n) is 15.5. The summed E-state index contributed by atoms with van der Waals surface area (Å²) < 4.78 is 35.5. The van der Waals surface area contributed by atoms with Crippen molar-refractivity contribution in [2.24, 2.45) is 5.41 Å². The number of halogens is 1. The molecule has 0 aliphatic rings. The minimum absolute atomic E-state index is 0.0466. The quantitative estimate of drug-likeness (QED) is 0.0215. The molecule has 346 valence electrons. The predicted octanol–water partition coefficient (Wildman–Crippen LogP) is 6.73. The number of hydrogen-bond acceptors (Lipinski definition) is 15. The average molecular weight is 917 g/mol. The maximum atomic E-state index is 13.6. The van der Waals surface area contributed by atoms with Crippen LogP contribution in [0.25, 0.3) is 18.2 Å². The first kappa shape index (κ1) is 53.8. The highest BCUT2D eigenvalue weighted by atomic mass is 19.1. The summed E-state index contributed by atoms with van der Waals surface area (Å²) in [4.78, 5) is 45.9. The molecule has 0 amide bonds. The fourth-order valence-corrected chi connectivity index (χ4v) is 6.30. The van der Waals surface area contributed by atoms with Crippen molar-refractivity contribution in [2.75, 3.05) is 81.7 Å². The van der Waals surface area contributed by atoms with Crippen LogP contribution in [0.4, 0.5) is 21.5 Å². The molecule has 3 aromatic carbocycles. The highest BCUT2D eigenvalue weighted by molar-refractivity contribution is 6.36. The van der Waals surface area contributed by atoms with E-state index in [0.29, 0.717) is 55.8 Å². The van der Waals surface area contributed by atoms with E-state index in [9.17, 15) is 34.6 Å². The number of carbonyl (C=O) groups is 3. The Morgan fingerprint density at radius 3 is 1.63 bits per heavy atom. The topological polar surface area (TPSA) is 217 Å². The first-order valence-corrected chi connectivity index (χ1v) is 20.9. The molecule has 17 heteroatoms. The minimum Gasteiger partial charge on any atom is -0.462 e. The first-order chi connectivity index (χ1) is 32.6. The van der Waals surface area contributed by atoms with Crippen LogP contribution >= 0.6 is 0 Å². The second kappa shape index (κ2) is 27.0. The summed E-state index contributed by atoms with van der Waals surface area (Å²) in [6.45, 7) is 9.36. The third kappa shape index (κ3) is 15.8. The molecule has 1 unspecified atom stereocenters. The van der Waals surface area contributed by atoms with E-state index < -0.39 is 55.6 Å². The van der Waals surface area contributed by atoms with Gasteiger partial charge in [-0.1, -0.05) is 41.9 Å². The molecule has 0 bridgehead atoms. The van der Waals surface area contributed by atoms with Crippen LogP contribution < -0.4 is 24.9 Å². The highest BCUT2D eigenvalue weighted by Gasteiger charge is 2.33. The van der Waals surface area contributed by atoms with Gasteiger partial charge < -0.3 is 33.6 Å². The number of ether oxygens (including phenoxy) is 4. The Balaban J connectivity index is 1.95. The Labute approximate surface area is 398 Å². The minimum atomic E-state index is -1.54. The molecule has 15 nitrogen and oxygen atoms in total. The third-order valence-electron chi connectivity index (χ3n) is 10.1. The van der Waals surface area contributed by atoms with Crippen LogP contribution in [-0.4, -0.2) is 92.7 Å². The molecule has 3 rings (SSSR count). The van der Waals surface area contributed by atoms with E-state index >= 15 is 0 Å². The molecule has 0 saturated carbocycles. The number of esters is 3. The summed E-state index contributed by atoms with van der Waals surface area (Å²) >= 11 is 0. The number of nitrogens with zero attached hydrogens (tertiary/aromatic N) is 8. The summed E-state index contributed by atoms with van der Waals surface area (Å²) in [5, 5.41) is 47.9. The SMILES string of the molecule is [B]c1cc(/C=C(\C#N)C(=O)OCC(C)(COC(=O)/C(C#N)=C/c2ccc(N(C)CCC#N)cc2)COC(=O)/C(C#N)=C/c2ccc(N(C)CCC#N)cc2C)c(OCF)cc1N(CC=C)CC=C. The van der Waals surface area contributed by atoms with Crippen LogP contribution in [0.15, 0.2) is 96.6 Å². The van der Waals surface area contributed by atoms with Crippen molar-refractivity contribution in [3.8, 4) is 36.1 Å². The van der Waals surface area contributed by atoms with E-state index in [1.807, 2.05) is 42.1 Å². The Bertz CT molecular complexity index is 2640. The lowest BCUT2D eigenvalue weighted by atomic mass is 9.90. The molecule has 3 aromatic rings. The number of carbonyl (C=O) groups excluding carboxylic acids is 3. The zero-order chi connectivity index (χ0) is 50.2. The van der Waals surface area contributed by atoms with Gasteiger partial charge in [0, 0.05) is 69.0 Å². The first-order valence-electron chi connectivity index (χ1n) is 20.9. The summed E-state index contributed by atoms with van der Waals surface area (Å²) in [6.07, 6.45) is 7.65. The largest absolute Gasteiger partial charge is 0.462 e. The predicted molar refractivity (Wildman–Crippen MR) is 257 cm³/mol. The molecular weight excluding hydrogens is 866 g/mol. The fourth-order valence-electron chi connectivity index (χ4n) is 6.30. The number of rotatable bonds is 25. The van der Waals surface area contributed by atoms with E-state index in [0.717, 1.165) is 23.0 Å². The monoisotopic (exact) mass is 916 g/mol. The molecule has 0 heterocycles. The van der Waals surface area contributed by atoms with Crippen LogP contribution in [0, 0.1) is 69.0 Å². The average Bonchev–Trinajstić information content (AvgIpc) is 3.34. The maximum absolute atomic E-state index is 13.6. The maximum Gasteiger partial charge on any atom is 0.348 e. The Kier molecular flexibility index (Phi) is 21.4. The van der Waals surface area contributed by atoms with E-state index in [4.69, 9.17) is 37.3 Å². The molecule has 0 spiro atoms. The van der Waals surface area contributed by atoms with Gasteiger partial charge in [0.15, 0.2) is 0 Å². The van der Waals surface area contributed by atoms with Crippen LogP contribution in [-0.2, 0) is 28.6 Å². The van der Waals surface area contributed by atoms with Gasteiger partial charge >= 0.3 is 17.9 Å². The third-order valence-corrected chi connectivity index (χ3v) is 10.1. The van der Waals surface area contributed by atoms with Gasteiger partial charge in [0.1, 0.15) is 68.3 Å². The lowest BCUT2D eigenvalue weighted by molar-refractivity contribution is -0.155. The van der Waals surface area contributed by atoms with Gasteiger partial charge in [-0.2, -0.15) is 26.3 Å². The molecule has 0 saturated heterocycles. The smallest absolute Gasteiger partial charge is 0.348 e. The Hall–Kier alpha value is -8.59. The van der Waals surface area contributed by atoms with Crippen molar-refractivity contribution in [3.63, 3.8) is 0 Å². The van der Waals surface area contributed by atoms with Gasteiger partial charge in [-0.05, 0) is 73.0 Å². The van der Waals surface area contributed by atoms with Crippen LogP contribution in [0.5, 0.6) is 5.75 Å². The van der Waals surface area contributed by atoms with Gasteiger partial charge in [-0.15, -0.1) is 13.2 Å². The molecule has 0 aromatic heterocycles. The van der Waals surface area contributed by atoms with Crippen molar-refractivity contribution >= 4 is 66.5 Å². The van der Waals surface area contributed by atoms with Gasteiger partial charge in [-0.3, -0.25) is 0 Å². The van der Waals surface area contributed by atoms with Crippen molar-refractivity contribution in [3.05, 3.63) is 119 Å². The van der Waals surface area contributed by atoms with Crippen LogP contribution in [0.1, 0.15) is 42.0 Å². The summed E-state index contributed by atoms with van der Waals surface area (Å²) in [5.41, 5.74) is 1.23. The number of benzene rings is 3. The van der Waals surface area contributed by atoms with Crippen LogP contribution in [0.2, 0.25) is 0 Å². The number of alkyl halides is 1. The van der Waals surface area contributed by atoms with Crippen molar-refractivity contribution in [1.82, 2.24) is 0 Å². The lowest BCUT2D eigenvalue weighted by Gasteiger charge is -2.28. The fraction of sp³-hybridized carbons (Fsp3) is 0.294. The van der Waals surface area contributed by atoms with E-state index in [1.165, 1.54) is 31.2 Å². The molecule has 0 fully saturated rings. The molecule has 0 aliphatic carbocycles. The van der Waals surface area contributed by atoms with E-state index in [2.05, 4.69) is 25.3 Å². The summed E-state index contributed by atoms with van der Waals surface area (Å²) in [6, 6.07) is 24.6. The standard InChI is InChI=1S/C51H50BFN8O7/c1-7-19-61(20-8-2)46-28-47(68-35-53)39(27-45(46)52)26-42(31-58)50(64)67-34-51(4,32-65-48(62)40(29-56)24-37-11-14-43(15-12-37)59(5)21-9-17-54)33-66-49(63)41(30-57)25-38-13-16-44(23-36(38)3)60(6)22-10-18-55/h7-8,11-16,23-28H,1-2,9-10,19-22,32-35H2,3-6H3/b40-24+,41-25+,42-26+. The molecule has 0 aliphatic heterocycles. The molecule has 1 atom stereocenters. The lowest BCUT2D eigenvalue weighted by Crippen LogP contribution is -2.37. The Morgan fingerprint density at radius 1 is 0.706 bits per heavy atom. The summed E-state index contributed by atoms with van der Waals surface area (Å²) in [5.74, 6) is -3.32. The van der Waals surface area contributed by atoms with Crippen molar-refractivity contribution < 1.29 is 37.7 Å². The zero-order valence-electron chi connectivity index (χ0n) is 38.5. The van der Waals surface area contributed by atoms with Crippen molar-refractivity contribution in [2.45, 2.75) is 26.7 Å². The number of nitriles is 5. The number of aryl methyl sites for hydroxylation is 1. The second-order valence-corrected chi connectivity index (χ2v) is 15.5. The van der Waals surface area contributed by atoms with Crippen LogP contribution in [0.3, 0.4) is 0 Å². The van der Waals surface area contributed by atoms with Crippen molar-refractivity contribution in [1.29, 1.82) is 26.3 Å². The number of hydrogen-bond donors (Lipinski definition) is 0.